The summed E-state index contributed by atoms with van der Waals surface area (Å²) in [5.74, 6) is 0.728. The van der Waals surface area contributed by atoms with Gasteiger partial charge in [-0.3, -0.25) is 4.21 Å². The van der Waals surface area contributed by atoms with Crippen LogP contribution >= 0.6 is 0 Å². The molecule has 0 fully saturated rings. The van der Waals surface area contributed by atoms with Gasteiger partial charge in [0.2, 0.25) is 0 Å². The van der Waals surface area contributed by atoms with Crippen LogP contribution in [0.4, 0.5) is 0 Å². The standard InChI is InChI=1S/C11H17NOS/c1-10(12-2)8-9-14(13)11-6-4-3-5-7-11/h3-7,10,12H,8-9H2,1-2H3. The van der Waals surface area contributed by atoms with Gasteiger partial charge in [0.25, 0.3) is 0 Å². The summed E-state index contributed by atoms with van der Waals surface area (Å²) in [5.41, 5.74) is 0. The molecular weight excluding hydrogens is 194 g/mol. The lowest BCUT2D eigenvalue weighted by Crippen LogP contribution is -2.23. The fourth-order valence-electron chi connectivity index (χ4n) is 1.12. The van der Waals surface area contributed by atoms with Crippen LogP contribution in [0.2, 0.25) is 0 Å². The lowest BCUT2D eigenvalue weighted by Gasteiger charge is -2.08. The third-order valence-corrected chi connectivity index (χ3v) is 3.64. The second kappa shape index (κ2) is 5.94. The van der Waals surface area contributed by atoms with Gasteiger partial charge >= 0.3 is 0 Å². The third-order valence-electron chi connectivity index (χ3n) is 2.24. The average Bonchev–Trinajstić information content (AvgIpc) is 2.26. The molecule has 0 heterocycles. The highest BCUT2D eigenvalue weighted by Gasteiger charge is 2.05. The van der Waals surface area contributed by atoms with E-state index < -0.39 is 10.8 Å². The molecule has 0 aliphatic carbocycles. The maximum atomic E-state index is 11.7. The number of hydrogen-bond acceptors (Lipinski definition) is 2. The summed E-state index contributed by atoms with van der Waals surface area (Å²) in [7, 11) is 1.08. The minimum atomic E-state index is -0.846. The summed E-state index contributed by atoms with van der Waals surface area (Å²) >= 11 is 0. The zero-order valence-corrected chi connectivity index (χ0v) is 9.51. The van der Waals surface area contributed by atoms with Crippen LogP contribution in [0, 0.1) is 0 Å². The third kappa shape index (κ3) is 3.60. The molecule has 2 unspecified atom stereocenters. The number of benzene rings is 1. The molecule has 0 aromatic heterocycles. The van der Waals surface area contributed by atoms with E-state index in [1.165, 1.54) is 0 Å². The molecule has 14 heavy (non-hydrogen) atoms. The Morgan fingerprint density at radius 3 is 2.57 bits per heavy atom. The van der Waals surface area contributed by atoms with Gasteiger partial charge in [-0.25, -0.2) is 0 Å². The monoisotopic (exact) mass is 211 g/mol. The van der Waals surface area contributed by atoms with Gasteiger partial charge in [-0.2, -0.15) is 0 Å². The van der Waals surface area contributed by atoms with E-state index in [-0.39, 0.29) is 0 Å². The van der Waals surface area contributed by atoms with Gasteiger partial charge in [0.05, 0.1) is 10.8 Å². The van der Waals surface area contributed by atoms with Crippen LogP contribution in [0.25, 0.3) is 0 Å². The highest BCUT2D eigenvalue weighted by atomic mass is 32.2. The second-order valence-electron chi connectivity index (χ2n) is 3.34. The molecule has 0 saturated heterocycles. The van der Waals surface area contributed by atoms with Crippen molar-refractivity contribution in [1.82, 2.24) is 5.32 Å². The molecule has 2 nitrogen and oxygen atoms in total. The topological polar surface area (TPSA) is 29.1 Å². The molecule has 0 saturated carbocycles. The van der Waals surface area contributed by atoms with Crippen LogP contribution in [-0.4, -0.2) is 23.1 Å². The molecule has 2 atom stereocenters. The van der Waals surface area contributed by atoms with Crippen LogP contribution in [0.3, 0.4) is 0 Å². The first-order valence-electron chi connectivity index (χ1n) is 4.84. The molecule has 0 spiro atoms. The highest BCUT2D eigenvalue weighted by Crippen LogP contribution is 2.07. The van der Waals surface area contributed by atoms with E-state index >= 15 is 0 Å². The van der Waals surface area contributed by atoms with Crippen molar-refractivity contribution in [2.75, 3.05) is 12.8 Å². The molecule has 0 radical (unpaired) electrons. The van der Waals surface area contributed by atoms with Gasteiger partial charge in [0.1, 0.15) is 0 Å². The highest BCUT2D eigenvalue weighted by molar-refractivity contribution is 7.85. The summed E-state index contributed by atoms with van der Waals surface area (Å²) in [6.45, 7) is 2.10. The van der Waals surface area contributed by atoms with E-state index in [1.54, 1.807) is 0 Å². The van der Waals surface area contributed by atoms with Gasteiger partial charge in [0.15, 0.2) is 0 Å². The number of nitrogens with one attached hydrogen (secondary N) is 1. The van der Waals surface area contributed by atoms with E-state index in [1.807, 2.05) is 37.4 Å². The van der Waals surface area contributed by atoms with Crippen molar-refractivity contribution >= 4 is 10.8 Å². The minimum absolute atomic E-state index is 0.433. The quantitative estimate of drug-likeness (QED) is 0.804. The normalized spacial score (nSPS) is 15.0. The predicted molar refractivity (Wildman–Crippen MR) is 60.9 cm³/mol. The molecular formula is C11H17NOS. The van der Waals surface area contributed by atoms with E-state index in [2.05, 4.69) is 12.2 Å². The summed E-state index contributed by atoms with van der Waals surface area (Å²) in [4.78, 5) is 0.927. The van der Waals surface area contributed by atoms with Gasteiger partial charge in [-0.1, -0.05) is 18.2 Å². The van der Waals surface area contributed by atoms with E-state index in [0.29, 0.717) is 6.04 Å². The predicted octanol–water partition coefficient (Wildman–Crippen LogP) is 1.79. The second-order valence-corrected chi connectivity index (χ2v) is 4.91. The zero-order chi connectivity index (χ0) is 10.4. The summed E-state index contributed by atoms with van der Waals surface area (Å²) < 4.78 is 11.7. The lowest BCUT2D eigenvalue weighted by atomic mass is 10.3. The fourth-order valence-corrected chi connectivity index (χ4v) is 2.38. The molecule has 0 aliphatic heterocycles. The summed E-state index contributed by atoms with van der Waals surface area (Å²) in [6.07, 6.45) is 0.942. The Morgan fingerprint density at radius 2 is 2.00 bits per heavy atom. The maximum Gasteiger partial charge on any atom is 0.0530 e. The Labute approximate surface area is 88.2 Å². The zero-order valence-electron chi connectivity index (χ0n) is 8.69. The van der Waals surface area contributed by atoms with Crippen molar-refractivity contribution in [3.63, 3.8) is 0 Å². The van der Waals surface area contributed by atoms with Gasteiger partial charge < -0.3 is 5.32 Å². The largest absolute Gasteiger partial charge is 0.317 e. The molecule has 3 heteroatoms. The van der Waals surface area contributed by atoms with Gasteiger partial charge in [-0.05, 0) is 32.5 Å². The van der Waals surface area contributed by atoms with Crippen LogP contribution in [0.5, 0.6) is 0 Å². The molecule has 1 aromatic rings. The van der Waals surface area contributed by atoms with Crippen molar-refractivity contribution < 1.29 is 4.21 Å². The van der Waals surface area contributed by atoms with Crippen LogP contribution in [-0.2, 0) is 10.8 Å². The van der Waals surface area contributed by atoms with E-state index in [9.17, 15) is 4.21 Å². The van der Waals surface area contributed by atoms with Gasteiger partial charge in [0, 0.05) is 16.7 Å². The van der Waals surface area contributed by atoms with Crippen LogP contribution < -0.4 is 5.32 Å². The summed E-state index contributed by atoms with van der Waals surface area (Å²) in [6, 6.07) is 10.1. The molecule has 0 bridgehead atoms. The summed E-state index contributed by atoms with van der Waals surface area (Å²) in [5, 5.41) is 3.14. The minimum Gasteiger partial charge on any atom is -0.317 e. The fraction of sp³-hybridized carbons (Fsp3) is 0.455. The maximum absolute atomic E-state index is 11.7. The molecule has 1 rings (SSSR count). The van der Waals surface area contributed by atoms with Crippen molar-refractivity contribution in [3.05, 3.63) is 30.3 Å². The Hall–Kier alpha value is -0.670. The first-order valence-corrected chi connectivity index (χ1v) is 6.16. The van der Waals surface area contributed by atoms with Crippen molar-refractivity contribution in [1.29, 1.82) is 0 Å². The van der Waals surface area contributed by atoms with Crippen LogP contribution in [0.1, 0.15) is 13.3 Å². The Kier molecular flexibility index (Phi) is 4.84. The molecule has 1 aromatic carbocycles. The molecule has 0 aliphatic rings. The number of hydrogen-bond donors (Lipinski definition) is 1. The number of rotatable bonds is 5. The molecule has 1 N–H and O–H groups in total. The van der Waals surface area contributed by atoms with Crippen molar-refractivity contribution in [2.24, 2.45) is 0 Å². The van der Waals surface area contributed by atoms with Crippen LogP contribution in [0.15, 0.2) is 35.2 Å². The van der Waals surface area contributed by atoms with E-state index in [4.69, 9.17) is 0 Å². The Bertz CT molecular complexity index is 287. The average molecular weight is 211 g/mol. The first-order chi connectivity index (χ1) is 6.74. The van der Waals surface area contributed by atoms with Crippen molar-refractivity contribution in [2.45, 2.75) is 24.3 Å². The molecule has 78 valence electrons. The molecule has 0 amide bonds. The van der Waals surface area contributed by atoms with Gasteiger partial charge in [-0.15, -0.1) is 0 Å². The smallest absolute Gasteiger partial charge is 0.0530 e. The van der Waals surface area contributed by atoms with E-state index in [0.717, 1.165) is 17.1 Å². The first kappa shape index (κ1) is 11.4. The lowest BCUT2D eigenvalue weighted by molar-refractivity contribution is 0.591. The Balaban J connectivity index is 2.44. The SMILES string of the molecule is CNC(C)CCS(=O)c1ccccc1. The van der Waals surface area contributed by atoms with Crippen molar-refractivity contribution in [3.8, 4) is 0 Å². The Morgan fingerprint density at radius 1 is 1.36 bits per heavy atom.